The Bertz CT molecular complexity index is 814. The van der Waals surface area contributed by atoms with Gasteiger partial charge in [-0.3, -0.25) is 4.79 Å². The van der Waals surface area contributed by atoms with E-state index in [1.54, 1.807) is 24.3 Å². The van der Waals surface area contributed by atoms with Crippen LogP contribution in [-0.2, 0) is 9.59 Å². The number of aliphatic carboxylic acids is 1. The number of nitrogens with one attached hydrogen (secondary N) is 1. The summed E-state index contributed by atoms with van der Waals surface area (Å²) < 4.78 is 0.968. The molecule has 0 saturated heterocycles. The second-order valence-electron chi connectivity index (χ2n) is 4.44. The van der Waals surface area contributed by atoms with Gasteiger partial charge in [0.05, 0.1) is 11.7 Å². The fourth-order valence-electron chi connectivity index (χ4n) is 1.69. The summed E-state index contributed by atoms with van der Waals surface area (Å²) in [5.41, 5.74) is 1.97. The summed E-state index contributed by atoms with van der Waals surface area (Å²) >= 11 is 3.36. The van der Waals surface area contributed by atoms with Gasteiger partial charge < -0.3 is 15.2 Å². The average Bonchev–Trinajstić information content (AvgIpc) is 2.53. The van der Waals surface area contributed by atoms with Gasteiger partial charge >= 0.3 is 0 Å². The normalized spacial score (nSPS) is 9.96. The first-order valence-electron chi connectivity index (χ1n) is 6.61. The fourth-order valence-corrected chi connectivity index (χ4v) is 1.96. The smallest absolute Gasteiger partial charge is 0.248 e. The Morgan fingerprint density at radius 1 is 1.00 bits per heavy atom. The van der Waals surface area contributed by atoms with Crippen molar-refractivity contribution in [1.82, 2.24) is 0 Å². The predicted octanol–water partition coefficient (Wildman–Crippen LogP) is 2.09. The van der Waals surface area contributed by atoms with Gasteiger partial charge in [-0.15, -0.1) is 0 Å². The number of carboxylic acids is 1. The number of halogens is 1. The van der Waals surface area contributed by atoms with Crippen LogP contribution in [0.1, 0.15) is 11.1 Å². The fraction of sp³-hybridized carbons (Fsp3) is 0. The van der Waals surface area contributed by atoms with Gasteiger partial charge in [0.1, 0.15) is 0 Å². The SMILES string of the molecule is O=C([O-])/C=C/C(=O)Nc1ccccc1C#Cc1ccc(Br)cc1. The summed E-state index contributed by atoms with van der Waals surface area (Å²) in [5, 5.41) is 12.9. The van der Waals surface area contributed by atoms with Gasteiger partial charge in [0.15, 0.2) is 0 Å². The number of hydrogen-bond donors (Lipinski definition) is 1. The molecule has 1 amide bonds. The zero-order chi connectivity index (χ0) is 16.7. The van der Waals surface area contributed by atoms with E-state index < -0.39 is 11.9 Å². The van der Waals surface area contributed by atoms with E-state index in [1.165, 1.54) is 0 Å². The van der Waals surface area contributed by atoms with Crippen LogP contribution in [0.15, 0.2) is 65.2 Å². The predicted molar refractivity (Wildman–Crippen MR) is 89.3 cm³/mol. The number of para-hydroxylation sites is 1. The molecule has 0 saturated carbocycles. The number of anilines is 1. The van der Waals surface area contributed by atoms with Crippen molar-refractivity contribution in [2.45, 2.75) is 0 Å². The maximum atomic E-state index is 11.6. The van der Waals surface area contributed by atoms with Gasteiger partial charge in [-0.1, -0.05) is 39.9 Å². The van der Waals surface area contributed by atoms with Gasteiger partial charge in [-0.25, -0.2) is 0 Å². The molecule has 0 spiro atoms. The highest BCUT2D eigenvalue weighted by molar-refractivity contribution is 9.10. The van der Waals surface area contributed by atoms with Crippen LogP contribution < -0.4 is 10.4 Å². The van der Waals surface area contributed by atoms with Gasteiger partial charge in [-0.05, 0) is 42.5 Å². The van der Waals surface area contributed by atoms with E-state index in [9.17, 15) is 14.7 Å². The Labute approximate surface area is 142 Å². The number of carbonyl (C=O) groups excluding carboxylic acids is 2. The number of rotatable bonds is 3. The van der Waals surface area contributed by atoms with Crippen LogP contribution in [0.5, 0.6) is 0 Å². The highest BCUT2D eigenvalue weighted by Crippen LogP contribution is 2.14. The number of hydrogen-bond acceptors (Lipinski definition) is 3. The van der Waals surface area contributed by atoms with E-state index >= 15 is 0 Å². The second kappa shape index (κ2) is 7.97. The molecule has 0 unspecified atom stereocenters. The van der Waals surface area contributed by atoms with Crippen molar-refractivity contribution in [3.05, 3.63) is 76.3 Å². The van der Waals surface area contributed by atoms with Gasteiger partial charge in [0, 0.05) is 21.7 Å². The topological polar surface area (TPSA) is 69.2 Å². The Balaban J connectivity index is 2.19. The molecule has 23 heavy (non-hydrogen) atoms. The van der Waals surface area contributed by atoms with Gasteiger partial charge in [0.2, 0.25) is 5.91 Å². The summed E-state index contributed by atoms with van der Waals surface area (Å²) in [6, 6.07) is 14.5. The van der Waals surface area contributed by atoms with Crippen LogP contribution in [0.3, 0.4) is 0 Å². The standard InChI is InChI=1S/C18H12BrNO3/c19-15-9-6-13(7-10-15)5-8-14-3-1-2-4-16(14)20-17(21)11-12-18(22)23/h1-4,6-7,9-12H,(H,20,21)(H,22,23)/p-1/b12-11+. The molecule has 0 aliphatic heterocycles. The molecule has 5 heteroatoms. The molecule has 0 atom stereocenters. The minimum absolute atomic E-state index is 0.505. The summed E-state index contributed by atoms with van der Waals surface area (Å²) in [4.78, 5) is 21.9. The number of carboxylic acid groups (broad SMARTS) is 1. The van der Waals surface area contributed by atoms with Crippen molar-refractivity contribution in [1.29, 1.82) is 0 Å². The summed E-state index contributed by atoms with van der Waals surface area (Å²) in [6.45, 7) is 0. The quantitative estimate of drug-likeness (QED) is 0.666. The lowest BCUT2D eigenvalue weighted by molar-refractivity contribution is -0.297. The van der Waals surface area contributed by atoms with E-state index in [0.717, 1.165) is 16.1 Å². The van der Waals surface area contributed by atoms with Gasteiger partial charge in [-0.2, -0.15) is 0 Å². The van der Waals surface area contributed by atoms with Crippen LogP contribution in [0.4, 0.5) is 5.69 Å². The molecule has 0 aliphatic rings. The van der Waals surface area contributed by atoms with Gasteiger partial charge in [0.25, 0.3) is 0 Å². The largest absolute Gasteiger partial charge is 0.545 e. The molecule has 0 aliphatic carbocycles. The van der Waals surface area contributed by atoms with Crippen molar-refractivity contribution in [2.24, 2.45) is 0 Å². The van der Waals surface area contributed by atoms with Crippen molar-refractivity contribution in [3.63, 3.8) is 0 Å². The highest BCUT2D eigenvalue weighted by Gasteiger charge is 2.02. The van der Waals surface area contributed by atoms with E-state index in [-0.39, 0.29) is 0 Å². The molecule has 2 aromatic rings. The molecule has 4 nitrogen and oxygen atoms in total. The molecule has 0 bridgehead atoms. The van der Waals surface area contributed by atoms with Crippen LogP contribution >= 0.6 is 15.9 Å². The molecule has 0 radical (unpaired) electrons. The van der Waals surface area contributed by atoms with Crippen molar-refractivity contribution < 1.29 is 14.7 Å². The van der Waals surface area contributed by atoms with Crippen LogP contribution in [0.2, 0.25) is 0 Å². The zero-order valence-electron chi connectivity index (χ0n) is 11.9. The first-order valence-corrected chi connectivity index (χ1v) is 7.40. The molecule has 0 fully saturated rings. The number of amides is 1. The van der Waals surface area contributed by atoms with Crippen molar-refractivity contribution in [2.75, 3.05) is 5.32 Å². The molecule has 0 aromatic heterocycles. The monoisotopic (exact) mass is 368 g/mol. The lowest BCUT2D eigenvalue weighted by atomic mass is 10.1. The van der Waals surface area contributed by atoms with E-state index in [1.807, 2.05) is 24.3 Å². The Morgan fingerprint density at radius 2 is 1.70 bits per heavy atom. The molecule has 0 heterocycles. The van der Waals surface area contributed by atoms with Crippen molar-refractivity contribution in [3.8, 4) is 11.8 Å². The lowest BCUT2D eigenvalue weighted by Gasteiger charge is -2.04. The van der Waals surface area contributed by atoms with Crippen LogP contribution in [0.25, 0.3) is 0 Å². The van der Waals surface area contributed by atoms with Crippen molar-refractivity contribution >= 4 is 33.5 Å². The maximum Gasteiger partial charge on any atom is 0.248 e. The minimum atomic E-state index is -1.43. The molecular formula is C18H11BrNO3-. The number of carbonyl (C=O) groups is 2. The first-order chi connectivity index (χ1) is 11.0. The van der Waals surface area contributed by atoms with E-state index in [2.05, 4.69) is 33.1 Å². The number of benzene rings is 2. The Morgan fingerprint density at radius 3 is 2.39 bits per heavy atom. The minimum Gasteiger partial charge on any atom is -0.545 e. The Hall–Kier alpha value is -2.84. The molecule has 2 rings (SSSR count). The van der Waals surface area contributed by atoms with Crippen LogP contribution in [0, 0.1) is 11.8 Å². The molecule has 2 aromatic carbocycles. The highest BCUT2D eigenvalue weighted by atomic mass is 79.9. The Kier molecular flexibility index (Phi) is 5.73. The summed E-state index contributed by atoms with van der Waals surface area (Å²) in [7, 11) is 0. The molecular weight excluding hydrogens is 358 g/mol. The third-order valence-electron chi connectivity index (χ3n) is 2.74. The van der Waals surface area contributed by atoms with E-state index in [0.29, 0.717) is 17.3 Å². The first kappa shape index (κ1) is 16.5. The molecule has 114 valence electrons. The lowest BCUT2D eigenvalue weighted by Crippen LogP contribution is -2.20. The maximum absolute atomic E-state index is 11.6. The van der Waals surface area contributed by atoms with Crippen LogP contribution in [-0.4, -0.2) is 11.9 Å². The summed E-state index contributed by atoms with van der Waals surface area (Å²) in [5.74, 6) is 4.00. The third kappa shape index (κ3) is 5.46. The third-order valence-corrected chi connectivity index (χ3v) is 3.27. The second-order valence-corrected chi connectivity index (χ2v) is 5.36. The van der Waals surface area contributed by atoms with E-state index in [4.69, 9.17) is 0 Å². The average molecular weight is 369 g/mol. The summed E-state index contributed by atoms with van der Waals surface area (Å²) in [6.07, 6.45) is 1.57. The zero-order valence-corrected chi connectivity index (χ0v) is 13.5. The molecule has 1 N–H and O–H groups in total.